The Labute approximate surface area is 133 Å². The minimum absolute atomic E-state index is 0.276. The molecule has 4 nitrogen and oxygen atoms in total. The third kappa shape index (κ3) is 2.38. The van der Waals surface area contributed by atoms with Crippen LogP contribution in [0.3, 0.4) is 0 Å². The number of pyridine rings is 1. The molecule has 0 radical (unpaired) electrons. The lowest BCUT2D eigenvalue weighted by molar-refractivity contribution is 0.415. The summed E-state index contributed by atoms with van der Waals surface area (Å²) in [5.74, 6) is 1.12. The number of nitrogens with one attached hydrogen (secondary N) is 1. The van der Waals surface area contributed by atoms with Crippen molar-refractivity contribution in [1.29, 1.82) is 0 Å². The summed E-state index contributed by atoms with van der Waals surface area (Å²) in [5.41, 5.74) is 4.21. The molecule has 0 spiro atoms. The van der Waals surface area contributed by atoms with E-state index in [0.29, 0.717) is 6.42 Å². The highest BCUT2D eigenvalue weighted by Crippen LogP contribution is 2.30. The Hall–Kier alpha value is -3.01. The Bertz CT molecular complexity index is 988. The molecule has 4 heteroatoms. The van der Waals surface area contributed by atoms with E-state index in [2.05, 4.69) is 9.97 Å². The number of benzene rings is 2. The lowest BCUT2D eigenvalue weighted by Gasteiger charge is -2.03. The SMILES string of the molecule is COc1ccc2[nH]c3c(Cc4ccc(O)cc4)nccc3c2c1. The van der Waals surface area contributed by atoms with Crippen LogP contribution in [0.1, 0.15) is 11.3 Å². The zero-order valence-electron chi connectivity index (χ0n) is 12.7. The third-order valence-corrected chi connectivity index (χ3v) is 4.11. The van der Waals surface area contributed by atoms with Gasteiger partial charge in [0, 0.05) is 28.9 Å². The van der Waals surface area contributed by atoms with Gasteiger partial charge in [0.05, 0.1) is 18.3 Å². The number of ether oxygens (including phenoxy) is 1. The second-order valence-electron chi connectivity index (χ2n) is 5.56. The summed E-state index contributed by atoms with van der Waals surface area (Å²) in [5, 5.41) is 11.7. The summed E-state index contributed by atoms with van der Waals surface area (Å²) in [7, 11) is 1.67. The van der Waals surface area contributed by atoms with Crippen LogP contribution in [-0.4, -0.2) is 22.2 Å². The standard InChI is InChI=1S/C19H16N2O2/c1-23-14-6-7-17-16(11-14)15-8-9-20-18(19(15)21-17)10-12-2-4-13(22)5-3-12/h2-9,11,21-22H,10H2,1H3. The van der Waals surface area contributed by atoms with E-state index in [4.69, 9.17) is 4.74 Å². The van der Waals surface area contributed by atoms with Crippen LogP contribution in [0.5, 0.6) is 11.5 Å². The van der Waals surface area contributed by atoms with Crippen LogP contribution in [0.2, 0.25) is 0 Å². The topological polar surface area (TPSA) is 58.1 Å². The second-order valence-corrected chi connectivity index (χ2v) is 5.56. The molecule has 0 aliphatic heterocycles. The fourth-order valence-electron chi connectivity index (χ4n) is 2.93. The first-order valence-corrected chi connectivity index (χ1v) is 7.46. The first-order chi connectivity index (χ1) is 11.2. The Balaban J connectivity index is 1.85. The maximum atomic E-state index is 9.41. The molecule has 23 heavy (non-hydrogen) atoms. The van der Waals surface area contributed by atoms with Crippen molar-refractivity contribution in [1.82, 2.24) is 9.97 Å². The van der Waals surface area contributed by atoms with Gasteiger partial charge in [0.1, 0.15) is 11.5 Å². The van der Waals surface area contributed by atoms with E-state index in [1.54, 1.807) is 19.2 Å². The molecule has 0 unspecified atom stereocenters. The quantitative estimate of drug-likeness (QED) is 0.601. The van der Waals surface area contributed by atoms with Gasteiger partial charge >= 0.3 is 0 Å². The number of aromatic nitrogens is 2. The zero-order chi connectivity index (χ0) is 15.8. The number of aromatic amines is 1. The first kappa shape index (κ1) is 13.6. The maximum Gasteiger partial charge on any atom is 0.119 e. The predicted octanol–water partition coefficient (Wildman–Crippen LogP) is 4.02. The van der Waals surface area contributed by atoms with Gasteiger partial charge in [0.15, 0.2) is 0 Å². The fraction of sp³-hybridized carbons (Fsp3) is 0.105. The summed E-state index contributed by atoms with van der Waals surface area (Å²) in [6.07, 6.45) is 2.55. The third-order valence-electron chi connectivity index (χ3n) is 4.11. The second kappa shape index (κ2) is 5.32. The highest BCUT2D eigenvalue weighted by Gasteiger charge is 2.10. The smallest absolute Gasteiger partial charge is 0.119 e. The van der Waals surface area contributed by atoms with Crippen molar-refractivity contribution >= 4 is 21.8 Å². The van der Waals surface area contributed by atoms with E-state index in [9.17, 15) is 5.11 Å². The average molecular weight is 304 g/mol. The van der Waals surface area contributed by atoms with Gasteiger partial charge in [-0.15, -0.1) is 0 Å². The molecule has 0 atom stereocenters. The fourth-order valence-corrected chi connectivity index (χ4v) is 2.93. The number of fused-ring (bicyclic) bond motifs is 3. The molecular formula is C19H16N2O2. The van der Waals surface area contributed by atoms with Gasteiger partial charge < -0.3 is 14.8 Å². The molecule has 0 fully saturated rings. The van der Waals surface area contributed by atoms with Crippen LogP contribution in [-0.2, 0) is 6.42 Å². The van der Waals surface area contributed by atoms with Gasteiger partial charge in [-0.2, -0.15) is 0 Å². The van der Waals surface area contributed by atoms with Crippen molar-refractivity contribution in [3.05, 3.63) is 66.0 Å². The Morgan fingerprint density at radius 1 is 1.04 bits per heavy atom. The molecule has 0 aliphatic carbocycles. The number of phenols is 1. The van der Waals surface area contributed by atoms with Crippen molar-refractivity contribution in [2.24, 2.45) is 0 Å². The molecule has 4 aromatic rings. The lowest BCUT2D eigenvalue weighted by Crippen LogP contribution is -1.93. The van der Waals surface area contributed by atoms with Crippen molar-refractivity contribution in [2.45, 2.75) is 6.42 Å². The first-order valence-electron chi connectivity index (χ1n) is 7.46. The van der Waals surface area contributed by atoms with Crippen LogP contribution in [0.4, 0.5) is 0 Å². The minimum Gasteiger partial charge on any atom is -0.508 e. The van der Waals surface area contributed by atoms with Crippen LogP contribution in [0.15, 0.2) is 54.7 Å². The number of hydrogen-bond acceptors (Lipinski definition) is 3. The minimum atomic E-state index is 0.276. The Morgan fingerprint density at radius 2 is 1.87 bits per heavy atom. The molecule has 2 heterocycles. The highest BCUT2D eigenvalue weighted by molar-refractivity contribution is 6.08. The van der Waals surface area contributed by atoms with E-state index < -0.39 is 0 Å². The van der Waals surface area contributed by atoms with Crippen LogP contribution >= 0.6 is 0 Å². The molecule has 2 aromatic heterocycles. The normalized spacial score (nSPS) is 11.2. The van der Waals surface area contributed by atoms with Crippen molar-refractivity contribution in [2.75, 3.05) is 7.11 Å². The number of H-pyrrole nitrogens is 1. The van der Waals surface area contributed by atoms with Gasteiger partial charge in [-0.25, -0.2) is 0 Å². The van der Waals surface area contributed by atoms with Crippen LogP contribution in [0, 0.1) is 0 Å². The Morgan fingerprint density at radius 3 is 2.65 bits per heavy atom. The Kier molecular flexibility index (Phi) is 3.15. The predicted molar refractivity (Wildman–Crippen MR) is 91.1 cm³/mol. The van der Waals surface area contributed by atoms with Crippen molar-refractivity contribution < 1.29 is 9.84 Å². The number of nitrogens with zero attached hydrogens (tertiary/aromatic N) is 1. The van der Waals surface area contributed by atoms with Gasteiger partial charge in [-0.05, 0) is 42.0 Å². The lowest BCUT2D eigenvalue weighted by atomic mass is 10.1. The van der Waals surface area contributed by atoms with Crippen molar-refractivity contribution in [3.8, 4) is 11.5 Å². The van der Waals surface area contributed by atoms with E-state index in [1.165, 1.54) is 0 Å². The van der Waals surface area contributed by atoms with E-state index >= 15 is 0 Å². The number of phenolic OH excluding ortho intramolecular Hbond substituents is 1. The van der Waals surface area contributed by atoms with Gasteiger partial charge in [0.2, 0.25) is 0 Å². The summed E-state index contributed by atoms with van der Waals surface area (Å²) < 4.78 is 5.32. The molecule has 4 rings (SSSR count). The molecule has 114 valence electrons. The highest BCUT2D eigenvalue weighted by atomic mass is 16.5. The van der Waals surface area contributed by atoms with E-state index in [1.807, 2.05) is 42.6 Å². The average Bonchev–Trinajstić information content (AvgIpc) is 2.96. The van der Waals surface area contributed by atoms with Crippen LogP contribution < -0.4 is 4.74 Å². The largest absolute Gasteiger partial charge is 0.508 e. The molecule has 0 amide bonds. The molecule has 0 saturated heterocycles. The van der Waals surface area contributed by atoms with E-state index in [-0.39, 0.29) is 5.75 Å². The van der Waals surface area contributed by atoms with Gasteiger partial charge in [-0.3, -0.25) is 4.98 Å². The van der Waals surface area contributed by atoms with Crippen LogP contribution in [0.25, 0.3) is 21.8 Å². The zero-order valence-corrected chi connectivity index (χ0v) is 12.7. The molecule has 0 bridgehead atoms. The molecule has 2 N–H and O–H groups in total. The van der Waals surface area contributed by atoms with E-state index in [0.717, 1.165) is 38.8 Å². The molecule has 0 aliphatic rings. The maximum absolute atomic E-state index is 9.41. The van der Waals surface area contributed by atoms with Gasteiger partial charge in [-0.1, -0.05) is 12.1 Å². The molecule has 0 saturated carbocycles. The number of rotatable bonds is 3. The summed E-state index contributed by atoms with van der Waals surface area (Å²) in [6.45, 7) is 0. The summed E-state index contributed by atoms with van der Waals surface area (Å²) in [6, 6.07) is 15.3. The molecular weight excluding hydrogens is 288 g/mol. The number of hydrogen-bond donors (Lipinski definition) is 2. The number of methoxy groups -OCH3 is 1. The van der Waals surface area contributed by atoms with Gasteiger partial charge in [0.25, 0.3) is 0 Å². The summed E-state index contributed by atoms with van der Waals surface area (Å²) >= 11 is 0. The monoisotopic (exact) mass is 304 g/mol. The summed E-state index contributed by atoms with van der Waals surface area (Å²) in [4.78, 5) is 8.00. The molecule has 2 aromatic carbocycles. The van der Waals surface area contributed by atoms with Crippen molar-refractivity contribution in [3.63, 3.8) is 0 Å². The number of aromatic hydroxyl groups is 1.